The van der Waals surface area contributed by atoms with Gasteiger partial charge < -0.3 is 0 Å². The Bertz CT molecular complexity index is 183. The predicted molar refractivity (Wildman–Crippen MR) is 25.5 cm³/mol. The average Bonchev–Trinajstić information content (AvgIpc) is 1.20. The van der Waals surface area contributed by atoms with Gasteiger partial charge in [-0.15, -0.1) is 0 Å². The Labute approximate surface area is 44.7 Å². The molecule has 4 nitrogen and oxygen atoms in total. The number of nitrogens with zero attached hydrogens (tertiary/aromatic N) is 4. The monoisotopic (exact) mass is 200 g/mol. The van der Waals surface area contributed by atoms with E-state index in [1.807, 2.05) is 0 Å². The van der Waals surface area contributed by atoms with E-state index in [2.05, 4.69) is 24.9 Å². The van der Waals surface area contributed by atoms with E-state index in [-0.39, 0.29) is 0 Å². The van der Waals surface area contributed by atoms with E-state index in [9.17, 15) is 0 Å². The van der Waals surface area contributed by atoms with Crippen LogP contribution in [0.4, 0.5) is 0 Å². The fourth-order valence-corrected chi connectivity index (χ4v) is 2.54. The number of hydrogen-bond acceptors (Lipinski definition) is 4. The van der Waals surface area contributed by atoms with Crippen molar-refractivity contribution in [1.29, 1.82) is 0 Å². The van der Waals surface area contributed by atoms with Crippen molar-refractivity contribution in [1.82, 2.24) is 0 Å². The molecule has 0 fully saturated rings. The number of hydrogen-bond donors (Lipinski definition) is 0. The van der Waals surface area contributed by atoms with Crippen LogP contribution in [0, 0.1) is 0 Å². The van der Waals surface area contributed by atoms with Gasteiger partial charge in [0.25, 0.3) is 0 Å². The Hall–Kier alpha value is -0.441. The summed E-state index contributed by atoms with van der Waals surface area (Å²) in [7, 11) is 0. The molecule has 0 aliphatic carbocycles. The molecule has 1 spiro atoms. The van der Waals surface area contributed by atoms with Crippen molar-refractivity contribution in [3.63, 3.8) is 0 Å². The van der Waals surface area contributed by atoms with Gasteiger partial charge in [0, 0.05) is 0 Å². The standard InChI is InChI=1S/2CN2.Sn/c2*2-1-3;/q2*-2;+4. The van der Waals surface area contributed by atoms with Gasteiger partial charge in [0.15, 0.2) is 0 Å². The van der Waals surface area contributed by atoms with E-state index in [4.69, 9.17) is 0 Å². The first kappa shape index (κ1) is 3.55. The first-order chi connectivity index (χ1) is 3.41. The molecule has 2 heterocycles. The molecule has 0 radical (unpaired) electrons. The fourth-order valence-electron chi connectivity index (χ4n) is 0.379. The minimum atomic E-state index is -2.64. The summed E-state index contributed by atoms with van der Waals surface area (Å²) in [5.41, 5.74) is 0. The summed E-state index contributed by atoms with van der Waals surface area (Å²) < 4.78 is 15.2. The molecule has 0 aromatic heterocycles. The van der Waals surface area contributed by atoms with Gasteiger partial charge in [-0.05, 0) is 0 Å². The maximum absolute atomic E-state index is 3.80. The summed E-state index contributed by atoms with van der Waals surface area (Å²) in [5.74, 6) is 0. The molecule has 5 heteroatoms. The summed E-state index contributed by atoms with van der Waals surface area (Å²) in [4.78, 5) is 0. The van der Waals surface area contributed by atoms with Crippen molar-refractivity contribution in [3.05, 3.63) is 0 Å². The van der Waals surface area contributed by atoms with Crippen LogP contribution in [0.1, 0.15) is 0 Å². The summed E-state index contributed by atoms with van der Waals surface area (Å²) in [6.07, 6.45) is 0. The molecule has 0 atom stereocenters. The summed E-state index contributed by atoms with van der Waals surface area (Å²) >= 11 is -2.64. The van der Waals surface area contributed by atoms with Crippen LogP contribution in [-0.4, -0.2) is 31.5 Å². The minimum absolute atomic E-state index is 2.42. The van der Waals surface area contributed by atoms with Crippen molar-refractivity contribution < 1.29 is 0 Å². The Morgan fingerprint density at radius 3 is 1.29 bits per heavy atom. The van der Waals surface area contributed by atoms with Crippen LogP contribution in [0.5, 0.6) is 0 Å². The fraction of sp³-hybridized carbons (Fsp3) is 0. The SMILES string of the molecule is C1=[N][Sn]2([N]=1)[N]=C=[N]2. The molecule has 0 saturated heterocycles. The topological polar surface area (TPSA) is 49.4 Å². The predicted octanol–water partition coefficient (Wildman–Crippen LogP) is -0.203. The van der Waals surface area contributed by atoms with Crippen molar-refractivity contribution in [2.75, 3.05) is 0 Å². The van der Waals surface area contributed by atoms with Gasteiger partial charge in [-0.1, -0.05) is 0 Å². The van der Waals surface area contributed by atoms with Crippen LogP contribution in [0.25, 0.3) is 0 Å². The van der Waals surface area contributed by atoms with E-state index >= 15 is 0 Å². The molecule has 0 amide bonds. The molecular formula is C2N4Sn. The van der Waals surface area contributed by atoms with E-state index < -0.39 is 19.5 Å². The normalized spacial score (nSPS) is 25.1. The number of rotatable bonds is 0. The zero-order valence-electron chi connectivity index (χ0n) is 3.29. The quantitative estimate of drug-likeness (QED) is 0.484. The van der Waals surface area contributed by atoms with Crippen LogP contribution in [0.3, 0.4) is 0 Å². The third kappa shape index (κ3) is 0.291. The van der Waals surface area contributed by atoms with Crippen molar-refractivity contribution in [2.24, 2.45) is 12.9 Å². The third-order valence-corrected chi connectivity index (χ3v) is 5.37. The molecule has 0 saturated carbocycles. The molecule has 0 unspecified atom stereocenters. The summed E-state index contributed by atoms with van der Waals surface area (Å²) in [6, 6.07) is 4.84. The van der Waals surface area contributed by atoms with E-state index in [1.165, 1.54) is 0 Å². The first-order valence-corrected chi connectivity index (χ1v) is 6.89. The third-order valence-electron chi connectivity index (χ3n) is 0.800. The summed E-state index contributed by atoms with van der Waals surface area (Å²) in [5, 5.41) is 0. The van der Waals surface area contributed by atoms with Crippen LogP contribution in [0.2, 0.25) is 0 Å². The molecule has 7 heavy (non-hydrogen) atoms. The van der Waals surface area contributed by atoms with E-state index in [0.29, 0.717) is 0 Å². The van der Waals surface area contributed by atoms with Gasteiger partial charge in [0.2, 0.25) is 0 Å². The maximum atomic E-state index is 3.80. The van der Waals surface area contributed by atoms with Crippen LogP contribution < -0.4 is 0 Å². The van der Waals surface area contributed by atoms with Gasteiger partial charge in [-0.25, -0.2) is 0 Å². The molecule has 0 aromatic carbocycles. The Balaban J connectivity index is 2.44. The average molecular weight is 199 g/mol. The molecule has 2 rings (SSSR count). The zero-order valence-corrected chi connectivity index (χ0v) is 6.14. The molecule has 0 bridgehead atoms. The van der Waals surface area contributed by atoms with Gasteiger partial charge in [-0.3, -0.25) is 0 Å². The van der Waals surface area contributed by atoms with Crippen molar-refractivity contribution >= 4 is 31.5 Å². The molecule has 0 N–H and O–H groups in total. The Kier molecular flexibility index (Phi) is 0.438. The zero-order chi connectivity index (χ0) is 4.74. The van der Waals surface area contributed by atoms with E-state index in [1.54, 1.807) is 0 Å². The second kappa shape index (κ2) is 0.865. The van der Waals surface area contributed by atoms with Crippen LogP contribution >= 0.6 is 0 Å². The van der Waals surface area contributed by atoms with Crippen molar-refractivity contribution in [3.8, 4) is 0 Å². The van der Waals surface area contributed by atoms with Gasteiger partial charge in [-0.2, -0.15) is 0 Å². The Morgan fingerprint density at radius 1 is 0.857 bits per heavy atom. The van der Waals surface area contributed by atoms with Crippen LogP contribution in [0.15, 0.2) is 12.9 Å². The van der Waals surface area contributed by atoms with Crippen molar-refractivity contribution in [2.45, 2.75) is 0 Å². The van der Waals surface area contributed by atoms with Crippen LogP contribution in [-0.2, 0) is 0 Å². The van der Waals surface area contributed by atoms with Gasteiger partial charge in [0.05, 0.1) is 0 Å². The molecule has 2 aliphatic heterocycles. The first-order valence-electron chi connectivity index (χ1n) is 1.79. The van der Waals surface area contributed by atoms with Gasteiger partial charge in [0.1, 0.15) is 0 Å². The van der Waals surface area contributed by atoms with E-state index in [0.717, 1.165) is 0 Å². The second-order valence-corrected chi connectivity index (χ2v) is 7.22. The molecule has 2 aliphatic rings. The Morgan fingerprint density at radius 2 is 1.29 bits per heavy atom. The summed E-state index contributed by atoms with van der Waals surface area (Å²) in [6.45, 7) is 0. The molecule has 0 aromatic rings. The molecular weight excluding hydrogens is 199 g/mol. The van der Waals surface area contributed by atoms with Gasteiger partial charge >= 0.3 is 44.3 Å². The second-order valence-electron chi connectivity index (χ2n) is 1.25. The molecule has 32 valence electrons.